The van der Waals surface area contributed by atoms with Crippen molar-refractivity contribution in [3.8, 4) is 11.5 Å². The molecule has 0 radical (unpaired) electrons. The smallest absolute Gasteiger partial charge is 0.321 e. The van der Waals surface area contributed by atoms with E-state index in [0.29, 0.717) is 19.0 Å². The molecule has 0 saturated carbocycles. The zero-order valence-electron chi connectivity index (χ0n) is 16.9. The molecule has 150 valence electrons. The molecular formula is C23H26N4O2. The predicted octanol–water partition coefficient (Wildman–Crippen LogP) is 4.31. The number of hydrogen-bond donors (Lipinski definition) is 1. The molecule has 2 heterocycles. The number of oxazole rings is 1. The van der Waals surface area contributed by atoms with E-state index in [1.807, 2.05) is 60.4 Å². The highest BCUT2D eigenvalue weighted by molar-refractivity contribution is 5.89. The molecule has 2 amide bonds. The maximum Gasteiger partial charge on any atom is 0.321 e. The third kappa shape index (κ3) is 4.49. The minimum absolute atomic E-state index is 0.0460. The van der Waals surface area contributed by atoms with Crippen LogP contribution in [0.15, 0.2) is 59.0 Å². The number of anilines is 1. The number of benzene rings is 2. The Morgan fingerprint density at radius 1 is 1.00 bits per heavy atom. The highest BCUT2D eigenvalue weighted by Gasteiger charge is 2.23. The number of carbonyl (C=O) groups excluding carboxylic acids is 1. The molecule has 1 saturated heterocycles. The van der Waals surface area contributed by atoms with E-state index in [9.17, 15) is 4.79 Å². The van der Waals surface area contributed by atoms with Gasteiger partial charge in [-0.15, -0.1) is 0 Å². The van der Waals surface area contributed by atoms with Gasteiger partial charge < -0.3 is 14.6 Å². The van der Waals surface area contributed by atoms with E-state index in [0.717, 1.165) is 47.9 Å². The average molecular weight is 390 g/mol. The van der Waals surface area contributed by atoms with Gasteiger partial charge in [0, 0.05) is 44.0 Å². The van der Waals surface area contributed by atoms with Crippen LogP contribution in [0.2, 0.25) is 0 Å². The van der Waals surface area contributed by atoms with Crippen LogP contribution in [0.1, 0.15) is 17.0 Å². The summed E-state index contributed by atoms with van der Waals surface area (Å²) in [6.45, 7) is 7.78. The summed E-state index contributed by atoms with van der Waals surface area (Å²) < 4.78 is 5.94. The van der Waals surface area contributed by atoms with E-state index in [4.69, 9.17) is 9.40 Å². The SMILES string of the molecule is Cc1ccccc1-c1nc(CN2CCN(C(=O)Nc3ccccc3)CC2)c(C)o1. The Morgan fingerprint density at radius 2 is 1.69 bits per heavy atom. The largest absolute Gasteiger partial charge is 0.441 e. The van der Waals surface area contributed by atoms with Crippen molar-refractivity contribution in [1.82, 2.24) is 14.8 Å². The number of piperazine rings is 1. The van der Waals surface area contributed by atoms with Gasteiger partial charge in [0.15, 0.2) is 0 Å². The van der Waals surface area contributed by atoms with Gasteiger partial charge >= 0.3 is 6.03 Å². The second-order valence-electron chi connectivity index (χ2n) is 7.40. The second kappa shape index (κ2) is 8.49. The Kier molecular flexibility index (Phi) is 5.62. The van der Waals surface area contributed by atoms with Crippen LogP contribution in [0.4, 0.5) is 10.5 Å². The minimum atomic E-state index is -0.0460. The summed E-state index contributed by atoms with van der Waals surface area (Å²) in [6, 6.07) is 17.6. The maximum absolute atomic E-state index is 12.4. The molecule has 1 aliphatic rings. The minimum Gasteiger partial charge on any atom is -0.441 e. The highest BCUT2D eigenvalue weighted by Crippen LogP contribution is 2.25. The van der Waals surface area contributed by atoms with Crippen molar-refractivity contribution in [3.63, 3.8) is 0 Å². The molecule has 0 atom stereocenters. The molecule has 0 bridgehead atoms. The maximum atomic E-state index is 12.4. The highest BCUT2D eigenvalue weighted by atomic mass is 16.4. The molecule has 1 fully saturated rings. The van der Waals surface area contributed by atoms with Crippen LogP contribution in [-0.2, 0) is 6.54 Å². The number of aryl methyl sites for hydroxylation is 2. The molecule has 2 aromatic carbocycles. The van der Waals surface area contributed by atoms with E-state index < -0.39 is 0 Å². The fraction of sp³-hybridized carbons (Fsp3) is 0.304. The Bertz CT molecular complexity index is 976. The molecule has 0 aliphatic carbocycles. The number of rotatable bonds is 4. The van der Waals surface area contributed by atoms with Crippen LogP contribution in [0.3, 0.4) is 0 Å². The van der Waals surface area contributed by atoms with Crippen molar-refractivity contribution >= 4 is 11.7 Å². The first-order chi connectivity index (χ1) is 14.1. The van der Waals surface area contributed by atoms with Crippen molar-refractivity contribution in [2.75, 3.05) is 31.5 Å². The van der Waals surface area contributed by atoms with Crippen LogP contribution in [0.5, 0.6) is 0 Å². The van der Waals surface area contributed by atoms with Gasteiger partial charge in [-0.05, 0) is 37.6 Å². The zero-order valence-corrected chi connectivity index (χ0v) is 16.9. The van der Waals surface area contributed by atoms with Crippen molar-refractivity contribution in [3.05, 3.63) is 71.6 Å². The van der Waals surface area contributed by atoms with Crippen molar-refractivity contribution < 1.29 is 9.21 Å². The van der Waals surface area contributed by atoms with Crippen LogP contribution >= 0.6 is 0 Å². The Labute approximate surface area is 171 Å². The summed E-state index contributed by atoms with van der Waals surface area (Å²) in [5.41, 5.74) is 3.97. The van der Waals surface area contributed by atoms with Gasteiger partial charge in [-0.25, -0.2) is 9.78 Å². The number of aromatic nitrogens is 1. The summed E-state index contributed by atoms with van der Waals surface area (Å²) in [5.74, 6) is 1.53. The van der Waals surface area contributed by atoms with Gasteiger partial charge in [0.2, 0.25) is 5.89 Å². The number of nitrogens with zero attached hydrogens (tertiary/aromatic N) is 3. The Morgan fingerprint density at radius 3 is 2.41 bits per heavy atom. The summed E-state index contributed by atoms with van der Waals surface area (Å²) in [7, 11) is 0. The lowest BCUT2D eigenvalue weighted by Crippen LogP contribution is -2.49. The lowest BCUT2D eigenvalue weighted by atomic mass is 10.1. The predicted molar refractivity (Wildman–Crippen MR) is 114 cm³/mol. The topological polar surface area (TPSA) is 61.6 Å². The molecule has 0 spiro atoms. The number of amides is 2. The molecule has 6 nitrogen and oxygen atoms in total. The molecular weight excluding hydrogens is 364 g/mol. The van der Waals surface area contributed by atoms with Gasteiger partial charge in [-0.3, -0.25) is 4.90 Å². The van der Waals surface area contributed by atoms with Crippen LogP contribution in [0.25, 0.3) is 11.5 Å². The molecule has 6 heteroatoms. The first-order valence-electron chi connectivity index (χ1n) is 9.96. The molecule has 29 heavy (non-hydrogen) atoms. The molecule has 1 aromatic heterocycles. The normalized spacial score (nSPS) is 14.8. The van der Waals surface area contributed by atoms with Crippen LogP contribution in [-0.4, -0.2) is 47.0 Å². The monoisotopic (exact) mass is 390 g/mol. The lowest BCUT2D eigenvalue weighted by Gasteiger charge is -2.34. The number of para-hydroxylation sites is 1. The van der Waals surface area contributed by atoms with Crippen molar-refractivity contribution in [1.29, 1.82) is 0 Å². The van der Waals surface area contributed by atoms with E-state index >= 15 is 0 Å². The Hall–Kier alpha value is -3.12. The molecule has 3 aromatic rings. The first kappa shape index (κ1) is 19.2. The second-order valence-corrected chi connectivity index (χ2v) is 7.40. The quantitative estimate of drug-likeness (QED) is 0.721. The average Bonchev–Trinajstić information content (AvgIpc) is 3.09. The first-order valence-corrected chi connectivity index (χ1v) is 9.96. The number of nitrogens with one attached hydrogen (secondary N) is 1. The van der Waals surface area contributed by atoms with Gasteiger partial charge in [-0.1, -0.05) is 36.4 Å². The fourth-order valence-corrected chi connectivity index (χ4v) is 3.55. The summed E-state index contributed by atoms with van der Waals surface area (Å²) in [5, 5.41) is 2.95. The van der Waals surface area contributed by atoms with Gasteiger partial charge in [0.1, 0.15) is 5.76 Å². The third-order valence-electron chi connectivity index (χ3n) is 5.33. The van der Waals surface area contributed by atoms with Gasteiger partial charge in [0.25, 0.3) is 0 Å². The summed E-state index contributed by atoms with van der Waals surface area (Å²) in [4.78, 5) is 21.4. The number of urea groups is 1. The lowest BCUT2D eigenvalue weighted by molar-refractivity contribution is 0.141. The van der Waals surface area contributed by atoms with E-state index in [-0.39, 0.29) is 6.03 Å². The molecule has 1 N–H and O–H groups in total. The van der Waals surface area contributed by atoms with Crippen LogP contribution in [0, 0.1) is 13.8 Å². The van der Waals surface area contributed by atoms with Gasteiger partial charge in [0.05, 0.1) is 5.69 Å². The van der Waals surface area contributed by atoms with E-state index in [1.165, 1.54) is 0 Å². The standard InChI is InChI=1S/C23H26N4O2/c1-17-8-6-7-11-20(17)22-25-21(18(2)29-22)16-26-12-14-27(15-13-26)23(28)24-19-9-4-3-5-10-19/h3-11H,12-16H2,1-2H3,(H,24,28). The summed E-state index contributed by atoms with van der Waals surface area (Å²) >= 11 is 0. The molecule has 4 rings (SSSR count). The number of hydrogen-bond acceptors (Lipinski definition) is 4. The van der Waals surface area contributed by atoms with Crippen molar-refractivity contribution in [2.24, 2.45) is 0 Å². The molecule has 0 unspecified atom stereocenters. The fourth-order valence-electron chi connectivity index (χ4n) is 3.55. The zero-order chi connectivity index (χ0) is 20.2. The van der Waals surface area contributed by atoms with Crippen LogP contribution < -0.4 is 5.32 Å². The molecule has 1 aliphatic heterocycles. The Balaban J connectivity index is 1.34. The van der Waals surface area contributed by atoms with Gasteiger partial charge in [-0.2, -0.15) is 0 Å². The van der Waals surface area contributed by atoms with E-state index in [1.54, 1.807) is 0 Å². The summed E-state index contributed by atoms with van der Waals surface area (Å²) in [6.07, 6.45) is 0. The van der Waals surface area contributed by atoms with Crippen molar-refractivity contribution in [2.45, 2.75) is 20.4 Å². The van der Waals surface area contributed by atoms with E-state index in [2.05, 4.69) is 23.2 Å². The number of carbonyl (C=O) groups is 1. The third-order valence-corrected chi connectivity index (χ3v) is 5.33.